The summed E-state index contributed by atoms with van der Waals surface area (Å²) in [7, 11) is 0. The molecule has 0 aromatic heterocycles. The van der Waals surface area contributed by atoms with Crippen LogP contribution in [-0.2, 0) is 5.41 Å². The van der Waals surface area contributed by atoms with Crippen molar-refractivity contribution in [3.8, 4) is 11.1 Å². The standard InChI is InChI=1S/C41H33N/c1-26-13-18-30(19-14-26)42(31-20-15-27(2)16-21-31)32-22-17-28-24-37-38(25-29(28)23-32)41(3,4)40-36-12-8-6-10-34(36)33-9-5-7-11-35(33)39(37)40/h5-25H,1-4H3. The monoisotopic (exact) mass is 539 g/mol. The average molecular weight is 540 g/mol. The van der Waals surface area contributed by atoms with Gasteiger partial charge in [-0.05, 0) is 117 Å². The third-order valence-electron chi connectivity index (χ3n) is 9.30. The normalized spacial score (nSPS) is 13.4. The van der Waals surface area contributed by atoms with Crippen molar-refractivity contribution in [2.75, 3.05) is 4.90 Å². The molecular formula is C41H33N. The average Bonchev–Trinajstić information content (AvgIpc) is 3.24. The molecule has 0 saturated heterocycles. The van der Waals surface area contributed by atoms with E-state index in [1.165, 1.54) is 71.4 Å². The first kappa shape index (κ1) is 24.9. The van der Waals surface area contributed by atoms with Crippen molar-refractivity contribution >= 4 is 49.4 Å². The highest BCUT2D eigenvalue weighted by molar-refractivity contribution is 6.19. The molecule has 1 heteroatoms. The molecule has 0 radical (unpaired) electrons. The summed E-state index contributed by atoms with van der Waals surface area (Å²) >= 11 is 0. The maximum absolute atomic E-state index is 2.46. The predicted octanol–water partition coefficient (Wildman–Crippen LogP) is 11.5. The highest BCUT2D eigenvalue weighted by atomic mass is 15.1. The summed E-state index contributed by atoms with van der Waals surface area (Å²) in [6.07, 6.45) is 0. The first-order valence-corrected chi connectivity index (χ1v) is 14.9. The van der Waals surface area contributed by atoms with Crippen molar-refractivity contribution in [1.29, 1.82) is 0 Å². The summed E-state index contributed by atoms with van der Waals surface area (Å²) in [5, 5.41) is 7.92. The minimum absolute atomic E-state index is 0.119. The van der Waals surface area contributed by atoms with E-state index in [2.05, 4.69) is 160 Å². The Labute approximate surface area is 247 Å². The zero-order chi connectivity index (χ0) is 28.6. The van der Waals surface area contributed by atoms with E-state index in [1.54, 1.807) is 0 Å². The van der Waals surface area contributed by atoms with E-state index in [-0.39, 0.29) is 5.41 Å². The molecule has 1 nitrogen and oxygen atoms in total. The Kier molecular flexibility index (Phi) is 5.37. The van der Waals surface area contributed by atoms with E-state index in [9.17, 15) is 0 Å². The van der Waals surface area contributed by atoms with Gasteiger partial charge in [-0.15, -0.1) is 0 Å². The van der Waals surface area contributed by atoms with Crippen molar-refractivity contribution in [2.45, 2.75) is 33.1 Å². The Balaban J connectivity index is 1.36. The summed E-state index contributed by atoms with van der Waals surface area (Å²) in [5.41, 5.74) is 11.5. The van der Waals surface area contributed by atoms with E-state index < -0.39 is 0 Å². The van der Waals surface area contributed by atoms with E-state index in [1.807, 2.05) is 0 Å². The molecule has 0 unspecified atom stereocenters. The number of benzene rings is 7. The van der Waals surface area contributed by atoms with Gasteiger partial charge in [0.15, 0.2) is 0 Å². The van der Waals surface area contributed by atoms with Crippen molar-refractivity contribution in [3.05, 3.63) is 150 Å². The summed E-state index contributed by atoms with van der Waals surface area (Å²) < 4.78 is 0. The second kappa shape index (κ2) is 9.06. The second-order valence-corrected chi connectivity index (χ2v) is 12.4. The molecule has 42 heavy (non-hydrogen) atoms. The first-order valence-electron chi connectivity index (χ1n) is 14.9. The molecule has 8 rings (SSSR count). The van der Waals surface area contributed by atoms with Crippen LogP contribution in [0.5, 0.6) is 0 Å². The molecule has 0 heterocycles. The molecule has 0 atom stereocenters. The van der Waals surface area contributed by atoms with Crippen LogP contribution in [0.2, 0.25) is 0 Å². The fraction of sp³-hybridized carbons (Fsp3) is 0.122. The Morgan fingerprint density at radius 2 is 1.00 bits per heavy atom. The minimum atomic E-state index is -0.119. The molecule has 0 bridgehead atoms. The van der Waals surface area contributed by atoms with Crippen LogP contribution < -0.4 is 4.90 Å². The molecule has 202 valence electrons. The summed E-state index contributed by atoms with van der Waals surface area (Å²) in [4.78, 5) is 2.37. The predicted molar refractivity (Wildman–Crippen MR) is 181 cm³/mol. The lowest BCUT2D eigenvalue weighted by atomic mass is 9.79. The van der Waals surface area contributed by atoms with Gasteiger partial charge in [0, 0.05) is 22.5 Å². The summed E-state index contributed by atoms with van der Waals surface area (Å²) in [5.74, 6) is 0. The maximum Gasteiger partial charge on any atom is 0.0468 e. The van der Waals surface area contributed by atoms with Crippen LogP contribution >= 0.6 is 0 Å². The van der Waals surface area contributed by atoms with Crippen LogP contribution in [0.1, 0.15) is 36.1 Å². The third kappa shape index (κ3) is 3.63. The molecule has 7 aromatic carbocycles. The molecule has 0 saturated carbocycles. The molecule has 0 aliphatic heterocycles. The highest BCUT2D eigenvalue weighted by Gasteiger charge is 2.38. The van der Waals surface area contributed by atoms with Crippen LogP contribution in [0.15, 0.2) is 127 Å². The number of hydrogen-bond donors (Lipinski definition) is 0. The molecule has 0 N–H and O–H groups in total. The Hall–Kier alpha value is -4.88. The van der Waals surface area contributed by atoms with Gasteiger partial charge in [0.05, 0.1) is 0 Å². The zero-order valence-electron chi connectivity index (χ0n) is 24.6. The summed E-state index contributed by atoms with van der Waals surface area (Å²) in [6.45, 7) is 9.09. The topological polar surface area (TPSA) is 3.24 Å². The molecule has 0 spiro atoms. The van der Waals surface area contributed by atoms with E-state index in [0.29, 0.717) is 0 Å². The molecular weight excluding hydrogens is 506 g/mol. The second-order valence-electron chi connectivity index (χ2n) is 12.4. The minimum Gasteiger partial charge on any atom is -0.310 e. The molecule has 1 aliphatic carbocycles. The van der Waals surface area contributed by atoms with Gasteiger partial charge in [-0.3, -0.25) is 0 Å². The van der Waals surface area contributed by atoms with Gasteiger partial charge in [0.1, 0.15) is 0 Å². The van der Waals surface area contributed by atoms with Crippen molar-refractivity contribution in [3.63, 3.8) is 0 Å². The largest absolute Gasteiger partial charge is 0.310 e. The van der Waals surface area contributed by atoms with E-state index in [0.717, 1.165) is 11.4 Å². The molecule has 0 amide bonds. The number of rotatable bonds is 3. The quantitative estimate of drug-likeness (QED) is 0.202. The van der Waals surface area contributed by atoms with Gasteiger partial charge in [-0.2, -0.15) is 0 Å². The fourth-order valence-corrected chi connectivity index (χ4v) is 7.19. The Bertz CT molecular complexity index is 2120. The fourth-order valence-electron chi connectivity index (χ4n) is 7.19. The van der Waals surface area contributed by atoms with Crippen molar-refractivity contribution in [1.82, 2.24) is 0 Å². The lowest BCUT2D eigenvalue weighted by Crippen LogP contribution is -2.15. The molecule has 0 fully saturated rings. The first-order chi connectivity index (χ1) is 20.4. The molecule has 7 aromatic rings. The number of fused-ring (bicyclic) bond motifs is 9. The van der Waals surface area contributed by atoms with Crippen LogP contribution in [0.25, 0.3) is 43.4 Å². The van der Waals surface area contributed by atoms with Gasteiger partial charge >= 0.3 is 0 Å². The van der Waals surface area contributed by atoms with Gasteiger partial charge in [-0.1, -0.05) is 104 Å². The van der Waals surface area contributed by atoms with E-state index >= 15 is 0 Å². The lowest BCUT2D eigenvalue weighted by molar-refractivity contribution is 0.667. The highest BCUT2D eigenvalue weighted by Crippen LogP contribution is 2.55. The van der Waals surface area contributed by atoms with Crippen molar-refractivity contribution < 1.29 is 0 Å². The van der Waals surface area contributed by atoms with E-state index in [4.69, 9.17) is 0 Å². The Morgan fingerprint density at radius 3 is 1.62 bits per heavy atom. The Morgan fingerprint density at radius 1 is 0.476 bits per heavy atom. The van der Waals surface area contributed by atoms with Crippen LogP contribution in [0.3, 0.4) is 0 Å². The van der Waals surface area contributed by atoms with Crippen LogP contribution in [-0.4, -0.2) is 0 Å². The number of aryl methyl sites for hydroxylation is 2. The maximum atomic E-state index is 2.46. The molecule has 1 aliphatic rings. The number of nitrogens with zero attached hydrogens (tertiary/aromatic N) is 1. The SMILES string of the molecule is Cc1ccc(N(c2ccc(C)cc2)c2ccc3cc4c(cc3c2)C(C)(C)c2c-4c3ccccc3c3ccccc23)cc1. The van der Waals surface area contributed by atoms with Crippen molar-refractivity contribution in [2.24, 2.45) is 0 Å². The lowest BCUT2D eigenvalue weighted by Gasteiger charge is -2.26. The summed E-state index contributed by atoms with van der Waals surface area (Å²) in [6, 6.07) is 47.4. The van der Waals surface area contributed by atoms with Gasteiger partial charge in [0.2, 0.25) is 0 Å². The number of anilines is 3. The smallest absolute Gasteiger partial charge is 0.0468 e. The number of hydrogen-bond acceptors (Lipinski definition) is 1. The van der Waals surface area contributed by atoms with Gasteiger partial charge in [0.25, 0.3) is 0 Å². The van der Waals surface area contributed by atoms with Gasteiger partial charge in [-0.25, -0.2) is 0 Å². The van der Waals surface area contributed by atoms with Gasteiger partial charge < -0.3 is 4.90 Å². The van der Waals surface area contributed by atoms with Crippen LogP contribution in [0.4, 0.5) is 17.1 Å². The third-order valence-corrected chi connectivity index (χ3v) is 9.30. The van der Waals surface area contributed by atoms with Crippen LogP contribution in [0, 0.1) is 13.8 Å². The zero-order valence-corrected chi connectivity index (χ0v) is 24.6.